The van der Waals surface area contributed by atoms with Crippen LogP contribution in [0.4, 0.5) is 0 Å². The molecule has 0 amide bonds. The molecule has 0 bridgehead atoms. The highest BCUT2D eigenvalue weighted by Gasteiger charge is 1.97. The molecule has 2 nitrogen and oxygen atoms in total. The second-order valence-corrected chi connectivity index (χ2v) is 4.20. The molecule has 0 atom stereocenters. The summed E-state index contributed by atoms with van der Waals surface area (Å²) in [5.74, 6) is 0. The molecule has 2 heteroatoms. The Morgan fingerprint density at radius 2 is 1.94 bits per heavy atom. The minimum absolute atomic E-state index is 0.0294. The van der Waals surface area contributed by atoms with E-state index in [9.17, 15) is 4.79 Å². The highest BCUT2D eigenvalue weighted by atomic mass is 16.1. The van der Waals surface area contributed by atoms with Crippen LogP contribution in [0, 0.1) is 0 Å². The molecule has 2 aromatic rings. The van der Waals surface area contributed by atoms with Crippen molar-refractivity contribution in [1.29, 1.82) is 0 Å². The predicted molar refractivity (Wildman–Crippen MR) is 67.8 cm³/mol. The van der Waals surface area contributed by atoms with Gasteiger partial charge in [0.25, 0.3) is 0 Å². The van der Waals surface area contributed by atoms with Crippen LogP contribution in [0.3, 0.4) is 0 Å². The van der Waals surface area contributed by atoms with Gasteiger partial charge < -0.3 is 4.98 Å². The van der Waals surface area contributed by atoms with E-state index in [1.807, 2.05) is 6.07 Å². The fourth-order valence-electron chi connectivity index (χ4n) is 1.93. The Morgan fingerprint density at radius 3 is 2.75 bits per heavy atom. The molecule has 1 N–H and O–H groups in total. The van der Waals surface area contributed by atoms with Gasteiger partial charge in [-0.05, 0) is 35.9 Å². The van der Waals surface area contributed by atoms with Gasteiger partial charge in [-0.1, -0.05) is 31.9 Å². The summed E-state index contributed by atoms with van der Waals surface area (Å²) in [6.45, 7) is 2.21. The number of aryl methyl sites for hydroxylation is 1. The van der Waals surface area contributed by atoms with Gasteiger partial charge in [0, 0.05) is 11.6 Å². The number of hydrogen-bond acceptors (Lipinski definition) is 1. The molecule has 0 saturated heterocycles. The average Bonchev–Trinajstić information content (AvgIpc) is 2.29. The van der Waals surface area contributed by atoms with Crippen molar-refractivity contribution in [3.05, 3.63) is 46.2 Å². The first-order valence-corrected chi connectivity index (χ1v) is 5.91. The number of hydrogen-bond donors (Lipinski definition) is 1. The van der Waals surface area contributed by atoms with Crippen molar-refractivity contribution in [2.45, 2.75) is 32.6 Å². The lowest BCUT2D eigenvalue weighted by Crippen LogP contribution is -2.02. The molecule has 2 rings (SSSR count). The minimum atomic E-state index is -0.0294. The van der Waals surface area contributed by atoms with E-state index in [-0.39, 0.29) is 5.56 Å². The average molecular weight is 215 g/mol. The molecule has 0 saturated carbocycles. The number of fused-ring (bicyclic) bond motifs is 1. The molecular weight excluding hydrogens is 198 g/mol. The molecule has 1 aromatic heterocycles. The molecule has 0 aliphatic rings. The van der Waals surface area contributed by atoms with E-state index >= 15 is 0 Å². The van der Waals surface area contributed by atoms with Crippen LogP contribution >= 0.6 is 0 Å². The molecule has 0 unspecified atom stereocenters. The van der Waals surface area contributed by atoms with E-state index in [2.05, 4.69) is 30.1 Å². The van der Waals surface area contributed by atoms with Crippen molar-refractivity contribution in [1.82, 2.24) is 4.98 Å². The Morgan fingerprint density at radius 1 is 1.12 bits per heavy atom. The Labute approximate surface area is 95.3 Å². The minimum Gasteiger partial charge on any atom is -0.322 e. The van der Waals surface area contributed by atoms with E-state index < -0.39 is 0 Å². The van der Waals surface area contributed by atoms with Gasteiger partial charge in [0.05, 0.1) is 0 Å². The molecule has 1 aromatic carbocycles. The molecule has 1 heterocycles. The van der Waals surface area contributed by atoms with E-state index in [4.69, 9.17) is 0 Å². The lowest BCUT2D eigenvalue weighted by molar-refractivity contribution is 0.718. The summed E-state index contributed by atoms with van der Waals surface area (Å²) >= 11 is 0. The summed E-state index contributed by atoms with van der Waals surface area (Å²) in [4.78, 5) is 14.1. The van der Waals surface area contributed by atoms with Gasteiger partial charge in [-0.25, -0.2) is 0 Å². The molecule has 0 aliphatic carbocycles. The number of benzene rings is 1. The summed E-state index contributed by atoms with van der Waals surface area (Å²) in [5.41, 5.74) is 2.22. The number of rotatable bonds is 4. The maximum Gasteiger partial charge on any atom is 0.248 e. The van der Waals surface area contributed by atoms with Crippen LogP contribution in [0.1, 0.15) is 31.7 Å². The summed E-state index contributed by atoms with van der Waals surface area (Å²) in [7, 11) is 0. The second-order valence-electron chi connectivity index (χ2n) is 4.20. The van der Waals surface area contributed by atoms with E-state index in [1.165, 1.54) is 24.8 Å². The number of nitrogens with one attached hydrogen (secondary N) is 1. The van der Waals surface area contributed by atoms with Crippen LogP contribution in [-0.4, -0.2) is 4.98 Å². The van der Waals surface area contributed by atoms with Crippen LogP contribution in [-0.2, 0) is 6.42 Å². The zero-order chi connectivity index (χ0) is 11.4. The smallest absolute Gasteiger partial charge is 0.248 e. The van der Waals surface area contributed by atoms with Crippen molar-refractivity contribution in [2.75, 3.05) is 0 Å². The van der Waals surface area contributed by atoms with E-state index in [1.54, 1.807) is 6.07 Å². The van der Waals surface area contributed by atoms with Crippen LogP contribution < -0.4 is 5.56 Å². The Kier molecular flexibility index (Phi) is 3.40. The van der Waals surface area contributed by atoms with Gasteiger partial charge in [-0.2, -0.15) is 0 Å². The first-order chi connectivity index (χ1) is 7.79. The maximum atomic E-state index is 11.2. The highest BCUT2D eigenvalue weighted by molar-refractivity contribution is 5.78. The number of pyridine rings is 1. The predicted octanol–water partition coefficient (Wildman–Crippen LogP) is 3.26. The number of unbranched alkanes of at least 4 members (excludes halogenated alkanes) is 2. The fraction of sp³-hybridized carbons (Fsp3) is 0.357. The lowest BCUT2D eigenvalue weighted by atomic mass is 10.1. The number of H-pyrrole nitrogens is 1. The Bertz CT molecular complexity index is 527. The maximum absolute atomic E-state index is 11.2. The quantitative estimate of drug-likeness (QED) is 0.780. The second kappa shape index (κ2) is 4.97. The van der Waals surface area contributed by atoms with Gasteiger partial charge in [0.2, 0.25) is 5.56 Å². The van der Waals surface area contributed by atoms with Crippen LogP contribution in [0.5, 0.6) is 0 Å². The zero-order valence-corrected chi connectivity index (χ0v) is 9.62. The van der Waals surface area contributed by atoms with Gasteiger partial charge in [0.1, 0.15) is 0 Å². The summed E-state index contributed by atoms with van der Waals surface area (Å²) < 4.78 is 0. The molecule has 16 heavy (non-hydrogen) atoms. The van der Waals surface area contributed by atoms with Crippen LogP contribution in [0.2, 0.25) is 0 Å². The summed E-state index contributed by atoms with van der Waals surface area (Å²) in [6, 6.07) is 9.75. The van der Waals surface area contributed by atoms with Gasteiger partial charge >= 0.3 is 0 Å². The van der Waals surface area contributed by atoms with Crippen molar-refractivity contribution in [3.8, 4) is 0 Å². The van der Waals surface area contributed by atoms with E-state index in [0.29, 0.717) is 0 Å². The molecule has 0 spiro atoms. The molecule has 84 valence electrons. The van der Waals surface area contributed by atoms with Gasteiger partial charge in [0.15, 0.2) is 0 Å². The van der Waals surface area contributed by atoms with Gasteiger partial charge in [-0.15, -0.1) is 0 Å². The SMILES string of the molecule is CCCCCc1ccc2ccc(=O)[nH]c2c1. The zero-order valence-electron chi connectivity index (χ0n) is 9.62. The normalized spacial score (nSPS) is 10.8. The third-order valence-corrected chi connectivity index (χ3v) is 2.86. The summed E-state index contributed by atoms with van der Waals surface area (Å²) in [6.07, 6.45) is 4.83. The fourth-order valence-corrected chi connectivity index (χ4v) is 1.93. The first-order valence-electron chi connectivity index (χ1n) is 5.91. The van der Waals surface area contributed by atoms with Crippen LogP contribution in [0.25, 0.3) is 10.9 Å². The standard InChI is InChI=1S/C14H17NO/c1-2-3-4-5-11-6-7-12-8-9-14(16)15-13(12)10-11/h6-10H,2-5H2,1H3,(H,15,16). The largest absolute Gasteiger partial charge is 0.322 e. The third-order valence-electron chi connectivity index (χ3n) is 2.86. The monoisotopic (exact) mass is 215 g/mol. The van der Waals surface area contributed by atoms with Crippen molar-refractivity contribution >= 4 is 10.9 Å². The van der Waals surface area contributed by atoms with Gasteiger partial charge in [-0.3, -0.25) is 4.79 Å². The van der Waals surface area contributed by atoms with Crippen molar-refractivity contribution < 1.29 is 0 Å². The number of aromatic nitrogens is 1. The molecular formula is C14H17NO. The van der Waals surface area contributed by atoms with Crippen molar-refractivity contribution in [3.63, 3.8) is 0 Å². The van der Waals surface area contributed by atoms with Crippen LogP contribution in [0.15, 0.2) is 35.1 Å². The Hall–Kier alpha value is -1.57. The molecule has 0 radical (unpaired) electrons. The van der Waals surface area contributed by atoms with E-state index in [0.717, 1.165) is 17.3 Å². The summed E-state index contributed by atoms with van der Waals surface area (Å²) in [5, 5.41) is 1.10. The molecule has 0 fully saturated rings. The Balaban J connectivity index is 2.25. The van der Waals surface area contributed by atoms with Crippen molar-refractivity contribution in [2.24, 2.45) is 0 Å². The number of aromatic amines is 1. The first kappa shape index (κ1) is 10.9. The third kappa shape index (κ3) is 2.51. The highest BCUT2D eigenvalue weighted by Crippen LogP contribution is 2.14. The lowest BCUT2D eigenvalue weighted by Gasteiger charge is -2.03. The topological polar surface area (TPSA) is 32.9 Å². The molecule has 0 aliphatic heterocycles.